The summed E-state index contributed by atoms with van der Waals surface area (Å²) in [6.45, 7) is 6.71. The normalized spacial score (nSPS) is 19.8. The zero-order valence-corrected chi connectivity index (χ0v) is 14.0. The minimum Gasteiger partial charge on any atom is -0.444 e. The van der Waals surface area contributed by atoms with E-state index in [0.717, 1.165) is 18.3 Å². The first-order chi connectivity index (χ1) is 10.3. The summed E-state index contributed by atoms with van der Waals surface area (Å²) >= 11 is 5.89. The lowest BCUT2D eigenvalue weighted by atomic mass is 9.86. The minimum absolute atomic E-state index is 0.117. The van der Waals surface area contributed by atoms with E-state index in [9.17, 15) is 9.59 Å². The van der Waals surface area contributed by atoms with Gasteiger partial charge in [-0.25, -0.2) is 4.79 Å². The van der Waals surface area contributed by atoms with E-state index in [4.69, 9.17) is 16.3 Å². The quantitative estimate of drug-likeness (QED) is 0.793. The minimum atomic E-state index is -0.505. The van der Waals surface area contributed by atoms with Crippen LogP contribution in [0.4, 0.5) is 4.79 Å². The summed E-state index contributed by atoms with van der Waals surface area (Å²) in [6, 6.07) is 7.32. The molecule has 0 radical (unpaired) electrons. The zero-order valence-electron chi connectivity index (χ0n) is 13.2. The van der Waals surface area contributed by atoms with Crippen LogP contribution in [-0.2, 0) is 9.53 Å². The van der Waals surface area contributed by atoms with Gasteiger partial charge < -0.3 is 14.4 Å². The molecule has 0 spiro atoms. The van der Waals surface area contributed by atoms with Gasteiger partial charge in [-0.2, -0.15) is 0 Å². The standard InChI is InChI=1S/C17H22ClNO3/c1-17(2,3)22-16(21)19-9-8-13(10-19)15(11-20)12-4-6-14(18)7-5-12/h4-7,11,13,15H,8-10H2,1-3H3. The van der Waals surface area contributed by atoms with E-state index in [2.05, 4.69) is 0 Å². The molecule has 2 atom stereocenters. The molecule has 120 valence electrons. The van der Waals surface area contributed by atoms with E-state index in [1.165, 1.54) is 0 Å². The SMILES string of the molecule is CC(C)(C)OC(=O)N1CCC(C(C=O)c2ccc(Cl)cc2)C1. The number of likely N-dealkylation sites (tertiary alicyclic amines) is 1. The molecule has 2 rings (SSSR count). The summed E-state index contributed by atoms with van der Waals surface area (Å²) < 4.78 is 5.39. The summed E-state index contributed by atoms with van der Waals surface area (Å²) in [5, 5.41) is 0.648. The number of carbonyl (C=O) groups is 2. The average molecular weight is 324 g/mol. The van der Waals surface area contributed by atoms with Gasteiger partial charge in [0.1, 0.15) is 11.9 Å². The molecule has 5 heteroatoms. The van der Waals surface area contributed by atoms with Gasteiger partial charge in [0, 0.05) is 24.0 Å². The molecule has 0 N–H and O–H groups in total. The molecule has 0 aliphatic carbocycles. The second kappa shape index (κ2) is 6.69. The fourth-order valence-electron chi connectivity index (χ4n) is 2.72. The lowest BCUT2D eigenvalue weighted by Crippen LogP contribution is -2.35. The first kappa shape index (κ1) is 16.8. The van der Waals surface area contributed by atoms with Gasteiger partial charge in [-0.1, -0.05) is 23.7 Å². The number of ether oxygens (including phenoxy) is 1. The number of amides is 1. The van der Waals surface area contributed by atoms with Crippen LogP contribution in [0.3, 0.4) is 0 Å². The van der Waals surface area contributed by atoms with E-state index >= 15 is 0 Å². The molecule has 1 aliphatic heterocycles. The Morgan fingerprint density at radius 2 is 2.00 bits per heavy atom. The molecule has 22 heavy (non-hydrogen) atoms. The van der Waals surface area contributed by atoms with Crippen molar-refractivity contribution in [3.8, 4) is 0 Å². The van der Waals surface area contributed by atoms with Crippen molar-refractivity contribution < 1.29 is 14.3 Å². The Labute approximate surface area is 136 Å². The van der Waals surface area contributed by atoms with Crippen molar-refractivity contribution in [2.75, 3.05) is 13.1 Å². The Bertz CT molecular complexity index is 536. The monoisotopic (exact) mass is 323 g/mol. The Morgan fingerprint density at radius 1 is 1.36 bits per heavy atom. The fraction of sp³-hybridized carbons (Fsp3) is 0.529. The zero-order chi connectivity index (χ0) is 16.3. The number of carbonyl (C=O) groups excluding carboxylic acids is 2. The van der Waals surface area contributed by atoms with E-state index < -0.39 is 5.60 Å². The lowest BCUT2D eigenvalue weighted by molar-refractivity contribution is -0.110. The lowest BCUT2D eigenvalue weighted by Gasteiger charge is -2.25. The van der Waals surface area contributed by atoms with Crippen LogP contribution < -0.4 is 0 Å². The third-order valence-electron chi connectivity index (χ3n) is 3.79. The smallest absolute Gasteiger partial charge is 0.410 e. The number of rotatable bonds is 3. The number of nitrogens with zero attached hydrogens (tertiary/aromatic N) is 1. The van der Waals surface area contributed by atoms with Crippen LogP contribution >= 0.6 is 11.6 Å². The van der Waals surface area contributed by atoms with Crippen molar-refractivity contribution >= 4 is 24.0 Å². The van der Waals surface area contributed by atoms with E-state index in [0.29, 0.717) is 18.1 Å². The Hall–Kier alpha value is -1.55. The van der Waals surface area contributed by atoms with Crippen LogP contribution in [0.5, 0.6) is 0 Å². The predicted molar refractivity (Wildman–Crippen MR) is 86.2 cm³/mol. The molecule has 0 bridgehead atoms. The van der Waals surface area contributed by atoms with Crippen LogP contribution in [-0.4, -0.2) is 36.0 Å². The molecular formula is C17H22ClNO3. The van der Waals surface area contributed by atoms with Crippen molar-refractivity contribution in [2.45, 2.75) is 38.7 Å². The Balaban J connectivity index is 2.03. The van der Waals surface area contributed by atoms with Gasteiger partial charge in [0.05, 0.1) is 0 Å². The summed E-state index contributed by atoms with van der Waals surface area (Å²) in [4.78, 5) is 25.3. The molecule has 1 aromatic carbocycles. The molecule has 4 nitrogen and oxygen atoms in total. The van der Waals surface area contributed by atoms with Gasteiger partial charge in [0.2, 0.25) is 0 Å². The van der Waals surface area contributed by atoms with Gasteiger partial charge in [-0.3, -0.25) is 0 Å². The van der Waals surface area contributed by atoms with Crippen LogP contribution in [0.1, 0.15) is 38.7 Å². The summed E-state index contributed by atoms with van der Waals surface area (Å²) in [6.07, 6.45) is 1.45. The highest BCUT2D eigenvalue weighted by atomic mass is 35.5. The molecule has 1 heterocycles. The van der Waals surface area contributed by atoms with Crippen molar-refractivity contribution in [1.29, 1.82) is 0 Å². The van der Waals surface area contributed by atoms with Gasteiger partial charge in [0.25, 0.3) is 0 Å². The van der Waals surface area contributed by atoms with Crippen LogP contribution in [0.2, 0.25) is 5.02 Å². The number of hydrogen-bond donors (Lipinski definition) is 0. The second-order valence-electron chi connectivity index (χ2n) is 6.69. The highest BCUT2D eigenvalue weighted by Crippen LogP contribution is 2.32. The first-order valence-electron chi connectivity index (χ1n) is 7.49. The highest BCUT2D eigenvalue weighted by molar-refractivity contribution is 6.30. The van der Waals surface area contributed by atoms with Crippen LogP contribution in [0, 0.1) is 5.92 Å². The van der Waals surface area contributed by atoms with E-state index in [-0.39, 0.29) is 17.9 Å². The van der Waals surface area contributed by atoms with E-state index in [1.54, 1.807) is 17.0 Å². The number of aldehydes is 1. The fourth-order valence-corrected chi connectivity index (χ4v) is 2.85. The van der Waals surface area contributed by atoms with Crippen molar-refractivity contribution in [1.82, 2.24) is 4.90 Å². The highest BCUT2D eigenvalue weighted by Gasteiger charge is 2.34. The third kappa shape index (κ3) is 4.23. The molecule has 0 aromatic heterocycles. The Kier molecular flexibility index (Phi) is 5.12. The topological polar surface area (TPSA) is 46.6 Å². The largest absolute Gasteiger partial charge is 0.444 e. The average Bonchev–Trinajstić information content (AvgIpc) is 2.89. The first-order valence-corrected chi connectivity index (χ1v) is 7.86. The molecule has 1 saturated heterocycles. The maximum absolute atomic E-state index is 12.1. The summed E-state index contributed by atoms with van der Waals surface area (Å²) in [5.74, 6) is -0.101. The molecule has 1 aliphatic rings. The summed E-state index contributed by atoms with van der Waals surface area (Å²) in [7, 11) is 0. The summed E-state index contributed by atoms with van der Waals surface area (Å²) in [5.41, 5.74) is 0.436. The number of halogens is 1. The third-order valence-corrected chi connectivity index (χ3v) is 4.04. The van der Waals surface area contributed by atoms with Crippen LogP contribution in [0.25, 0.3) is 0 Å². The molecule has 1 fully saturated rings. The van der Waals surface area contributed by atoms with Gasteiger partial charge in [0.15, 0.2) is 0 Å². The van der Waals surface area contributed by atoms with Gasteiger partial charge in [-0.15, -0.1) is 0 Å². The van der Waals surface area contributed by atoms with Crippen molar-refractivity contribution in [3.05, 3.63) is 34.9 Å². The Morgan fingerprint density at radius 3 is 2.55 bits per heavy atom. The number of hydrogen-bond acceptors (Lipinski definition) is 3. The number of benzene rings is 1. The molecule has 1 amide bonds. The molecule has 2 unspecified atom stereocenters. The predicted octanol–water partition coefficient (Wildman–Crippen LogP) is 3.88. The van der Waals surface area contributed by atoms with Gasteiger partial charge >= 0.3 is 6.09 Å². The molecule has 1 aromatic rings. The van der Waals surface area contributed by atoms with Crippen molar-refractivity contribution in [2.24, 2.45) is 5.92 Å². The van der Waals surface area contributed by atoms with Gasteiger partial charge in [-0.05, 0) is 50.8 Å². The van der Waals surface area contributed by atoms with Crippen molar-refractivity contribution in [3.63, 3.8) is 0 Å². The molecule has 0 saturated carbocycles. The second-order valence-corrected chi connectivity index (χ2v) is 7.12. The molecular weight excluding hydrogens is 302 g/mol. The van der Waals surface area contributed by atoms with Crippen LogP contribution in [0.15, 0.2) is 24.3 Å². The maximum atomic E-state index is 12.1. The maximum Gasteiger partial charge on any atom is 0.410 e. The van der Waals surface area contributed by atoms with E-state index in [1.807, 2.05) is 32.9 Å².